The fraction of sp³-hybridized carbons (Fsp3) is 0. The van der Waals surface area contributed by atoms with E-state index in [0.29, 0.717) is 5.69 Å². The van der Waals surface area contributed by atoms with Crippen molar-refractivity contribution in [3.05, 3.63) is 46.7 Å². The third-order valence-electron chi connectivity index (χ3n) is 2.62. The summed E-state index contributed by atoms with van der Waals surface area (Å²) in [5.74, 6) is -1.88. The molecule has 6 heteroatoms. The molecule has 0 spiro atoms. The minimum absolute atomic E-state index is 0.0440. The number of nitrogens with two attached hydrogens (primary N) is 2. The number of carbonyl (C=O) groups is 1. The van der Waals surface area contributed by atoms with Gasteiger partial charge in [0.05, 0.1) is 5.56 Å². The molecule has 4 nitrogen and oxygen atoms in total. The molecule has 0 aliphatic carbocycles. The molecule has 0 atom stereocenters. The third-order valence-corrected chi connectivity index (χ3v) is 2.84. The summed E-state index contributed by atoms with van der Waals surface area (Å²) in [5, 5.41) is 10.1. The van der Waals surface area contributed by atoms with Crippen molar-refractivity contribution < 1.29 is 14.3 Å². The monoisotopic (exact) mass is 280 g/mol. The van der Waals surface area contributed by atoms with Crippen LogP contribution in [-0.4, -0.2) is 11.0 Å². The number of amides is 1. The molecular weight excluding hydrogens is 271 g/mol. The van der Waals surface area contributed by atoms with Crippen LogP contribution in [-0.2, 0) is 0 Å². The van der Waals surface area contributed by atoms with Crippen molar-refractivity contribution in [2.75, 3.05) is 5.73 Å². The lowest BCUT2D eigenvalue weighted by molar-refractivity contribution is 0.0998. The van der Waals surface area contributed by atoms with Gasteiger partial charge in [0.1, 0.15) is 11.6 Å². The van der Waals surface area contributed by atoms with E-state index in [1.54, 1.807) is 0 Å². The highest BCUT2D eigenvalue weighted by atomic mass is 35.5. The molecule has 0 bridgehead atoms. The molecule has 0 aliphatic heterocycles. The predicted octanol–water partition coefficient (Wildman–Crippen LogP) is 2.53. The maximum Gasteiger partial charge on any atom is 0.252 e. The second-order valence-corrected chi connectivity index (χ2v) is 4.39. The topological polar surface area (TPSA) is 89.3 Å². The van der Waals surface area contributed by atoms with E-state index in [0.717, 1.165) is 6.07 Å². The Balaban J connectivity index is 2.75. The lowest BCUT2D eigenvalue weighted by atomic mass is 10.00. The maximum absolute atomic E-state index is 13.8. The van der Waals surface area contributed by atoms with E-state index in [4.69, 9.17) is 23.1 Å². The van der Waals surface area contributed by atoms with Crippen molar-refractivity contribution in [3.63, 3.8) is 0 Å². The van der Waals surface area contributed by atoms with Gasteiger partial charge in [-0.05, 0) is 30.3 Å². The first-order valence-corrected chi connectivity index (χ1v) is 5.65. The number of halogens is 2. The van der Waals surface area contributed by atoms with Crippen molar-refractivity contribution in [3.8, 4) is 16.9 Å². The Labute approximate surface area is 113 Å². The number of rotatable bonds is 2. The zero-order chi connectivity index (χ0) is 14.2. The molecule has 0 saturated heterocycles. The Kier molecular flexibility index (Phi) is 3.31. The summed E-state index contributed by atoms with van der Waals surface area (Å²) in [5.41, 5.74) is 10.9. The van der Waals surface area contributed by atoms with Crippen LogP contribution in [0.4, 0.5) is 10.1 Å². The fourth-order valence-corrected chi connectivity index (χ4v) is 1.96. The quantitative estimate of drug-likeness (QED) is 0.739. The molecule has 98 valence electrons. The molecule has 19 heavy (non-hydrogen) atoms. The van der Waals surface area contributed by atoms with Gasteiger partial charge >= 0.3 is 0 Å². The second kappa shape index (κ2) is 4.78. The average Bonchev–Trinajstić information content (AvgIpc) is 2.34. The highest BCUT2D eigenvalue weighted by molar-refractivity contribution is 6.31. The maximum atomic E-state index is 13.8. The summed E-state index contributed by atoms with van der Waals surface area (Å²) < 4.78 is 13.8. The minimum atomic E-state index is -0.856. The number of primary amides is 1. The van der Waals surface area contributed by atoms with E-state index in [2.05, 4.69) is 0 Å². The Morgan fingerprint density at radius 1 is 1.21 bits per heavy atom. The normalized spacial score (nSPS) is 10.4. The van der Waals surface area contributed by atoms with Crippen LogP contribution in [0.2, 0.25) is 5.02 Å². The van der Waals surface area contributed by atoms with Crippen molar-refractivity contribution in [2.24, 2.45) is 5.73 Å². The lowest BCUT2D eigenvalue weighted by Crippen LogP contribution is -2.11. The number of hydrogen-bond donors (Lipinski definition) is 3. The zero-order valence-electron chi connectivity index (χ0n) is 9.65. The van der Waals surface area contributed by atoms with Gasteiger partial charge in [0.25, 0.3) is 5.91 Å². The van der Waals surface area contributed by atoms with Gasteiger partial charge < -0.3 is 16.6 Å². The van der Waals surface area contributed by atoms with Crippen LogP contribution in [0.3, 0.4) is 0 Å². The van der Waals surface area contributed by atoms with Gasteiger partial charge in [-0.3, -0.25) is 4.79 Å². The number of carbonyl (C=O) groups excluding carboxylic acids is 1. The Bertz CT molecular complexity index is 674. The molecule has 0 fully saturated rings. The third kappa shape index (κ3) is 2.46. The summed E-state index contributed by atoms with van der Waals surface area (Å²) >= 11 is 5.84. The Morgan fingerprint density at radius 3 is 2.53 bits per heavy atom. The Hall–Kier alpha value is -2.27. The van der Waals surface area contributed by atoms with Gasteiger partial charge in [-0.2, -0.15) is 0 Å². The summed E-state index contributed by atoms with van der Waals surface area (Å²) in [6.45, 7) is 0. The van der Waals surface area contributed by atoms with Crippen molar-refractivity contribution in [1.29, 1.82) is 0 Å². The predicted molar refractivity (Wildman–Crippen MR) is 71.4 cm³/mol. The number of phenols is 1. The molecule has 2 aromatic carbocycles. The Morgan fingerprint density at radius 2 is 1.89 bits per heavy atom. The molecule has 1 amide bonds. The number of aromatic hydroxyl groups is 1. The van der Waals surface area contributed by atoms with E-state index < -0.39 is 17.5 Å². The fourth-order valence-electron chi connectivity index (χ4n) is 1.74. The molecule has 0 heterocycles. The molecule has 2 aromatic rings. The van der Waals surface area contributed by atoms with Crippen molar-refractivity contribution in [1.82, 2.24) is 0 Å². The first kappa shape index (κ1) is 13.2. The second-order valence-electron chi connectivity index (χ2n) is 3.95. The standard InChI is InChI=1S/C13H10ClFN2O2/c14-6-3-9(12(18)10(4-6)13(17)19)8-5-7(16)1-2-11(8)15/h1-5,18H,16H2,(H2,17,19). The highest BCUT2D eigenvalue weighted by Gasteiger charge is 2.17. The van der Waals surface area contributed by atoms with Crippen LogP contribution < -0.4 is 11.5 Å². The molecule has 0 radical (unpaired) electrons. The number of benzene rings is 2. The first-order valence-electron chi connectivity index (χ1n) is 5.28. The molecule has 0 unspecified atom stereocenters. The summed E-state index contributed by atoms with van der Waals surface area (Å²) in [6, 6.07) is 6.43. The molecular formula is C13H10ClFN2O2. The molecule has 0 saturated carbocycles. The zero-order valence-corrected chi connectivity index (χ0v) is 10.4. The van der Waals surface area contributed by atoms with Crippen LogP contribution in [0.25, 0.3) is 11.1 Å². The van der Waals surface area contributed by atoms with Crippen molar-refractivity contribution in [2.45, 2.75) is 0 Å². The van der Waals surface area contributed by atoms with Gasteiger partial charge in [-0.1, -0.05) is 11.6 Å². The van der Waals surface area contributed by atoms with Crippen LogP contribution in [0.15, 0.2) is 30.3 Å². The van der Waals surface area contributed by atoms with Gasteiger partial charge in [0.15, 0.2) is 0 Å². The van der Waals surface area contributed by atoms with Gasteiger partial charge in [0.2, 0.25) is 0 Å². The van der Waals surface area contributed by atoms with Crippen LogP contribution in [0, 0.1) is 5.82 Å². The molecule has 2 rings (SSSR count). The van der Waals surface area contributed by atoms with Crippen LogP contribution >= 0.6 is 11.6 Å². The van der Waals surface area contributed by atoms with Gasteiger partial charge in [0, 0.05) is 21.8 Å². The number of hydrogen-bond acceptors (Lipinski definition) is 3. The minimum Gasteiger partial charge on any atom is -0.506 e. The summed E-state index contributed by atoms with van der Waals surface area (Å²) in [6.07, 6.45) is 0. The van der Waals surface area contributed by atoms with E-state index >= 15 is 0 Å². The highest BCUT2D eigenvalue weighted by Crippen LogP contribution is 2.37. The smallest absolute Gasteiger partial charge is 0.252 e. The number of anilines is 1. The van der Waals surface area contributed by atoms with Crippen molar-refractivity contribution >= 4 is 23.2 Å². The van der Waals surface area contributed by atoms with E-state index in [1.165, 1.54) is 24.3 Å². The average molecular weight is 281 g/mol. The first-order chi connectivity index (χ1) is 8.90. The molecule has 0 aliphatic rings. The van der Waals surface area contributed by atoms with E-state index in [-0.39, 0.29) is 21.7 Å². The lowest BCUT2D eigenvalue weighted by Gasteiger charge is -2.10. The van der Waals surface area contributed by atoms with Gasteiger partial charge in [-0.15, -0.1) is 0 Å². The summed E-state index contributed by atoms with van der Waals surface area (Å²) in [7, 11) is 0. The molecule has 5 N–H and O–H groups in total. The van der Waals surface area contributed by atoms with Crippen LogP contribution in [0.5, 0.6) is 5.75 Å². The van der Waals surface area contributed by atoms with Gasteiger partial charge in [-0.25, -0.2) is 4.39 Å². The van der Waals surface area contributed by atoms with Crippen LogP contribution in [0.1, 0.15) is 10.4 Å². The summed E-state index contributed by atoms with van der Waals surface area (Å²) in [4.78, 5) is 11.2. The largest absolute Gasteiger partial charge is 0.506 e. The molecule has 0 aromatic heterocycles. The SMILES string of the molecule is NC(=O)c1cc(Cl)cc(-c2cc(N)ccc2F)c1O. The van der Waals surface area contributed by atoms with E-state index in [9.17, 15) is 14.3 Å². The van der Waals surface area contributed by atoms with E-state index in [1.807, 2.05) is 0 Å². The number of nitrogen functional groups attached to an aromatic ring is 1.